The fourth-order valence-corrected chi connectivity index (χ4v) is 2.80. The van der Waals surface area contributed by atoms with Crippen molar-refractivity contribution in [2.75, 3.05) is 24.3 Å². The Balaban J connectivity index is 1.69. The highest BCUT2D eigenvalue weighted by molar-refractivity contribution is 6.31. The van der Waals surface area contributed by atoms with Crippen LogP contribution in [0.3, 0.4) is 0 Å². The Morgan fingerprint density at radius 1 is 1.04 bits per heavy atom. The number of nitrogens with one attached hydrogen (secondary N) is 2. The lowest BCUT2D eigenvalue weighted by Gasteiger charge is -2.13. The van der Waals surface area contributed by atoms with Gasteiger partial charge in [-0.15, -0.1) is 0 Å². The topological polar surface area (TPSA) is 59.1 Å². The van der Waals surface area contributed by atoms with E-state index >= 15 is 0 Å². The zero-order valence-corrected chi connectivity index (χ0v) is 15.8. The van der Waals surface area contributed by atoms with Gasteiger partial charge in [-0.2, -0.15) is 0 Å². The van der Waals surface area contributed by atoms with Crippen molar-refractivity contribution < 1.29 is 9.13 Å². The van der Waals surface area contributed by atoms with Gasteiger partial charge >= 0.3 is 0 Å². The lowest BCUT2D eigenvalue weighted by molar-refractivity contribution is 0.417. The number of rotatable bonds is 7. The van der Waals surface area contributed by atoms with Crippen LogP contribution in [-0.4, -0.2) is 23.6 Å². The van der Waals surface area contributed by atoms with Gasteiger partial charge in [-0.3, -0.25) is 0 Å². The molecule has 0 bridgehead atoms. The minimum Gasteiger partial charge on any atom is -0.495 e. The van der Waals surface area contributed by atoms with Crippen LogP contribution in [-0.2, 0) is 6.42 Å². The van der Waals surface area contributed by atoms with Gasteiger partial charge in [-0.05, 0) is 49.2 Å². The Hall–Kier alpha value is -2.86. The summed E-state index contributed by atoms with van der Waals surface area (Å²) < 4.78 is 18.3. The van der Waals surface area contributed by atoms with E-state index in [1.807, 2.05) is 13.0 Å². The molecule has 0 saturated carbocycles. The molecule has 0 saturated heterocycles. The van der Waals surface area contributed by atoms with Gasteiger partial charge in [-0.25, -0.2) is 14.4 Å². The summed E-state index contributed by atoms with van der Waals surface area (Å²) in [6.45, 7) is 2.49. The first-order chi connectivity index (χ1) is 13.0. The molecular formula is C20H20ClFN4O. The molecule has 0 aliphatic carbocycles. The van der Waals surface area contributed by atoms with Crippen LogP contribution in [0.5, 0.6) is 5.75 Å². The van der Waals surface area contributed by atoms with Crippen LogP contribution in [0.2, 0.25) is 5.02 Å². The maximum absolute atomic E-state index is 13.0. The molecule has 140 valence electrons. The second-order valence-electron chi connectivity index (χ2n) is 5.96. The number of halogens is 2. The first kappa shape index (κ1) is 18.9. The maximum atomic E-state index is 13.0. The summed E-state index contributed by atoms with van der Waals surface area (Å²) in [5.74, 6) is 2.40. The van der Waals surface area contributed by atoms with Crippen LogP contribution < -0.4 is 15.4 Å². The summed E-state index contributed by atoms with van der Waals surface area (Å²) in [4.78, 5) is 8.81. The van der Waals surface area contributed by atoms with Gasteiger partial charge in [0.2, 0.25) is 0 Å². The fourth-order valence-electron chi connectivity index (χ4n) is 2.62. The number of aromatic nitrogens is 2. The highest BCUT2D eigenvalue weighted by Gasteiger charge is 2.07. The molecule has 7 heteroatoms. The van der Waals surface area contributed by atoms with Gasteiger partial charge < -0.3 is 15.4 Å². The number of methoxy groups -OCH3 is 1. The fraction of sp³-hybridized carbons (Fsp3) is 0.200. The molecule has 1 heterocycles. The van der Waals surface area contributed by atoms with Gasteiger partial charge in [-0.1, -0.05) is 23.7 Å². The lowest BCUT2D eigenvalue weighted by atomic mass is 10.1. The number of benzene rings is 2. The first-order valence-electron chi connectivity index (χ1n) is 8.48. The molecule has 3 aromatic rings. The van der Waals surface area contributed by atoms with Crippen LogP contribution in [0.25, 0.3) is 0 Å². The van der Waals surface area contributed by atoms with Crippen LogP contribution in [0.1, 0.15) is 11.4 Å². The molecule has 27 heavy (non-hydrogen) atoms. The van der Waals surface area contributed by atoms with E-state index in [-0.39, 0.29) is 5.82 Å². The van der Waals surface area contributed by atoms with Crippen molar-refractivity contribution in [1.82, 2.24) is 9.97 Å². The van der Waals surface area contributed by atoms with Crippen molar-refractivity contribution in [3.8, 4) is 5.75 Å². The van der Waals surface area contributed by atoms with Crippen molar-refractivity contribution in [3.63, 3.8) is 0 Å². The Morgan fingerprint density at radius 3 is 2.52 bits per heavy atom. The quantitative estimate of drug-likeness (QED) is 0.599. The van der Waals surface area contributed by atoms with Crippen molar-refractivity contribution in [2.45, 2.75) is 13.3 Å². The zero-order valence-electron chi connectivity index (χ0n) is 15.1. The third kappa shape index (κ3) is 5.31. The van der Waals surface area contributed by atoms with Gasteiger partial charge in [0.05, 0.1) is 12.8 Å². The van der Waals surface area contributed by atoms with Crippen LogP contribution in [0.15, 0.2) is 48.5 Å². The molecule has 0 atom stereocenters. The molecule has 0 fully saturated rings. The van der Waals surface area contributed by atoms with Gasteiger partial charge in [0, 0.05) is 17.6 Å². The molecule has 3 rings (SSSR count). The normalized spacial score (nSPS) is 10.5. The summed E-state index contributed by atoms with van der Waals surface area (Å²) in [6, 6.07) is 13.6. The summed E-state index contributed by atoms with van der Waals surface area (Å²) in [5.41, 5.74) is 1.78. The monoisotopic (exact) mass is 386 g/mol. The standard InChI is InChI=1S/C20H20ClFN4O/c1-13-24-19(23-10-9-14-3-6-16(22)7-4-14)12-20(25-13)26-17-11-15(21)5-8-18(17)27-2/h3-8,11-12H,9-10H2,1-2H3,(H2,23,24,25,26). The molecule has 0 aliphatic rings. The predicted octanol–water partition coefficient (Wildman–Crippen LogP) is 4.98. The van der Waals surface area contributed by atoms with E-state index in [0.29, 0.717) is 34.8 Å². The number of ether oxygens (including phenoxy) is 1. The summed E-state index contributed by atoms with van der Waals surface area (Å²) in [5, 5.41) is 7.09. The number of nitrogens with zero attached hydrogens (tertiary/aromatic N) is 2. The first-order valence-corrected chi connectivity index (χ1v) is 8.86. The Kier molecular flexibility index (Phi) is 6.08. The maximum Gasteiger partial charge on any atom is 0.142 e. The van der Waals surface area contributed by atoms with E-state index in [0.717, 1.165) is 17.7 Å². The van der Waals surface area contributed by atoms with E-state index in [1.165, 1.54) is 12.1 Å². The molecule has 2 aromatic carbocycles. The predicted molar refractivity (Wildman–Crippen MR) is 107 cm³/mol. The molecule has 1 aromatic heterocycles. The van der Waals surface area contributed by atoms with E-state index < -0.39 is 0 Å². The second kappa shape index (κ2) is 8.68. The smallest absolute Gasteiger partial charge is 0.142 e. The zero-order chi connectivity index (χ0) is 19.2. The van der Waals surface area contributed by atoms with E-state index in [9.17, 15) is 4.39 Å². The molecule has 0 amide bonds. The molecule has 5 nitrogen and oxygen atoms in total. The number of hydrogen-bond acceptors (Lipinski definition) is 5. The molecule has 0 aliphatic heterocycles. The van der Waals surface area contributed by atoms with E-state index in [1.54, 1.807) is 37.4 Å². The van der Waals surface area contributed by atoms with Crippen LogP contribution >= 0.6 is 11.6 Å². The molecule has 0 unspecified atom stereocenters. The molecule has 0 radical (unpaired) electrons. The number of aryl methyl sites for hydroxylation is 1. The Labute approximate surface area is 162 Å². The third-order valence-corrected chi connectivity index (χ3v) is 4.13. The minimum atomic E-state index is -0.231. The third-order valence-electron chi connectivity index (χ3n) is 3.90. The average Bonchev–Trinajstić information content (AvgIpc) is 2.63. The highest BCUT2D eigenvalue weighted by Crippen LogP contribution is 2.30. The summed E-state index contributed by atoms with van der Waals surface area (Å²) >= 11 is 6.07. The van der Waals surface area contributed by atoms with Crippen molar-refractivity contribution in [2.24, 2.45) is 0 Å². The number of hydrogen-bond donors (Lipinski definition) is 2. The lowest BCUT2D eigenvalue weighted by Crippen LogP contribution is -2.08. The largest absolute Gasteiger partial charge is 0.495 e. The SMILES string of the molecule is COc1ccc(Cl)cc1Nc1cc(NCCc2ccc(F)cc2)nc(C)n1. The Morgan fingerprint density at radius 2 is 1.78 bits per heavy atom. The molecular weight excluding hydrogens is 367 g/mol. The summed E-state index contributed by atoms with van der Waals surface area (Å²) in [6.07, 6.45) is 0.758. The molecule has 2 N–H and O–H groups in total. The second-order valence-corrected chi connectivity index (χ2v) is 6.39. The van der Waals surface area contributed by atoms with Gasteiger partial charge in [0.15, 0.2) is 0 Å². The summed E-state index contributed by atoms with van der Waals surface area (Å²) in [7, 11) is 1.60. The molecule has 0 spiro atoms. The van der Waals surface area contributed by atoms with Crippen molar-refractivity contribution >= 4 is 28.9 Å². The van der Waals surface area contributed by atoms with Gasteiger partial charge in [0.1, 0.15) is 29.0 Å². The van der Waals surface area contributed by atoms with E-state index in [2.05, 4.69) is 20.6 Å². The average molecular weight is 387 g/mol. The Bertz CT molecular complexity index is 918. The van der Waals surface area contributed by atoms with Crippen LogP contribution in [0.4, 0.5) is 21.7 Å². The van der Waals surface area contributed by atoms with E-state index in [4.69, 9.17) is 16.3 Å². The minimum absolute atomic E-state index is 0.231. The van der Waals surface area contributed by atoms with Crippen LogP contribution in [0, 0.1) is 12.7 Å². The van der Waals surface area contributed by atoms with Crippen molar-refractivity contribution in [3.05, 3.63) is 70.8 Å². The van der Waals surface area contributed by atoms with Crippen molar-refractivity contribution in [1.29, 1.82) is 0 Å². The number of anilines is 3. The van der Waals surface area contributed by atoms with Gasteiger partial charge in [0.25, 0.3) is 0 Å². The highest BCUT2D eigenvalue weighted by atomic mass is 35.5.